The summed E-state index contributed by atoms with van der Waals surface area (Å²) in [6, 6.07) is 5.64. The molecular formula is C8H7N. The van der Waals surface area contributed by atoms with E-state index in [9.17, 15) is 0 Å². The highest BCUT2D eigenvalue weighted by Crippen LogP contribution is 1.84. The van der Waals surface area contributed by atoms with Crippen LogP contribution in [0.4, 0.5) is 0 Å². The minimum Gasteiger partial charge on any atom is -0.360 e. The van der Waals surface area contributed by atoms with Crippen molar-refractivity contribution in [3.05, 3.63) is 36.5 Å². The van der Waals surface area contributed by atoms with E-state index in [2.05, 4.69) is 5.92 Å². The van der Waals surface area contributed by atoms with Crippen molar-refractivity contribution in [1.29, 1.82) is 0 Å². The average molecular weight is 117 g/mol. The van der Waals surface area contributed by atoms with E-state index in [1.54, 1.807) is 0 Å². The fourth-order valence-corrected chi connectivity index (χ4v) is 0.653. The van der Waals surface area contributed by atoms with Crippen LogP contribution in [0.25, 0.3) is 0 Å². The van der Waals surface area contributed by atoms with Gasteiger partial charge in [-0.25, -0.2) is 5.92 Å². The molecule has 0 saturated carbocycles. The quantitative estimate of drug-likeness (QED) is 0.264. The van der Waals surface area contributed by atoms with Gasteiger partial charge in [0.1, 0.15) is 12.7 Å². The molecule has 1 aromatic rings. The van der Waals surface area contributed by atoms with Gasteiger partial charge in [0.25, 0.3) is 0 Å². The van der Waals surface area contributed by atoms with Crippen molar-refractivity contribution < 1.29 is 4.57 Å². The van der Waals surface area contributed by atoms with Crippen LogP contribution in [0, 0.1) is 12.3 Å². The van der Waals surface area contributed by atoms with Crippen LogP contribution in [0.3, 0.4) is 0 Å². The molecule has 1 nitrogen and oxygen atoms in total. The van der Waals surface area contributed by atoms with Gasteiger partial charge in [-0.2, -0.15) is 0 Å². The Balaban J connectivity index is 3.20. The fourth-order valence-electron chi connectivity index (χ4n) is 0.653. The van der Waals surface area contributed by atoms with Crippen LogP contribution in [0.15, 0.2) is 24.4 Å². The molecule has 0 bridgehead atoms. The largest absolute Gasteiger partial charge is 0.360 e. The number of rotatable bonds is 0. The standard InChI is InChI=1S/C8H7N/c1-3-8-6-4-5-7-9(8)2/h4-7H,2H3. The van der Waals surface area contributed by atoms with E-state index >= 15 is 0 Å². The first-order chi connectivity index (χ1) is 4.34. The third-order valence-electron chi connectivity index (χ3n) is 1.18. The fraction of sp³-hybridized carbons (Fsp3) is 0.125. The summed E-state index contributed by atoms with van der Waals surface area (Å²) in [6.45, 7) is 0. The highest BCUT2D eigenvalue weighted by Gasteiger charge is 1.86. The molecule has 0 atom stereocenters. The first-order valence-corrected chi connectivity index (χ1v) is 2.72. The third kappa shape index (κ3) is 1.09. The predicted octanol–water partition coefficient (Wildman–Crippen LogP) is 0.449. The molecule has 0 aliphatic heterocycles. The lowest BCUT2D eigenvalue weighted by Gasteiger charge is -1.95. The Hall–Kier alpha value is -1.29. The number of nitrogens with zero attached hydrogens (tertiary/aromatic N) is 1. The van der Waals surface area contributed by atoms with E-state index in [1.165, 1.54) is 0 Å². The monoisotopic (exact) mass is 117 g/mol. The van der Waals surface area contributed by atoms with Crippen LogP contribution < -0.4 is 4.57 Å². The maximum atomic E-state index is 6.81. The van der Waals surface area contributed by atoms with Crippen LogP contribution in [-0.2, 0) is 7.05 Å². The average Bonchev–Trinajstić information content (AvgIpc) is 1.89. The molecule has 1 heteroatoms. The molecule has 0 saturated heterocycles. The van der Waals surface area contributed by atoms with Gasteiger partial charge in [-0.1, -0.05) is 12.1 Å². The Labute approximate surface area is 55.0 Å². The van der Waals surface area contributed by atoms with Crippen molar-refractivity contribution in [2.45, 2.75) is 0 Å². The molecule has 0 aromatic carbocycles. The van der Waals surface area contributed by atoms with E-state index < -0.39 is 0 Å². The normalized spacial score (nSPS) is 8.44. The number of pyridine rings is 1. The summed E-state index contributed by atoms with van der Waals surface area (Å²) in [7, 11) is 1.89. The van der Waals surface area contributed by atoms with E-state index in [0.29, 0.717) is 0 Å². The molecule has 0 aliphatic rings. The number of hydrogen-bond acceptors (Lipinski definition) is 0. The second-order valence-electron chi connectivity index (χ2n) is 1.82. The van der Waals surface area contributed by atoms with Crippen LogP contribution in [0.5, 0.6) is 0 Å². The van der Waals surface area contributed by atoms with Gasteiger partial charge in [0.15, 0.2) is 6.20 Å². The van der Waals surface area contributed by atoms with E-state index in [-0.39, 0.29) is 0 Å². The first kappa shape index (κ1) is 5.84. The molecular weight excluding hydrogens is 110 g/mol. The summed E-state index contributed by atoms with van der Waals surface area (Å²) >= 11 is 0. The minimum absolute atomic E-state index is 0.789. The highest BCUT2D eigenvalue weighted by atomic mass is 14.9. The number of hydrogen-bond donors (Lipinski definition) is 0. The number of aromatic nitrogens is 1. The Kier molecular flexibility index (Phi) is 1.51. The van der Waals surface area contributed by atoms with Crippen molar-refractivity contribution in [2.75, 3.05) is 0 Å². The lowest BCUT2D eigenvalue weighted by Crippen LogP contribution is -2.30. The maximum absolute atomic E-state index is 6.81. The Morgan fingerprint density at radius 3 is 2.78 bits per heavy atom. The van der Waals surface area contributed by atoms with E-state index in [0.717, 1.165) is 5.69 Å². The minimum atomic E-state index is 0.789. The van der Waals surface area contributed by atoms with E-state index in [1.807, 2.05) is 36.0 Å². The van der Waals surface area contributed by atoms with Gasteiger partial charge < -0.3 is 6.42 Å². The zero-order valence-electron chi connectivity index (χ0n) is 5.26. The summed E-state index contributed by atoms with van der Waals surface area (Å²) in [5.41, 5.74) is 0.789. The molecule has 0 amide bonds. The van der Waals surface area contributed by atoms with Crippen molar-refractivity contribution in [3.63, 3.8) is 0 Å². The second kappa shape index (κ2) is 2.32. The van der Waals surface area contributed by atoms with Crippen LogP contribution in [-0.4, -0.2) is 0 Å². The molecule has 0 fully saturated rings. The SMILES string of the molecule is [C-]#Cc1cccc[n+]1C. The van der Waals surface area contributed by atoms with Gasteiger partial charge in [-0.3, -0.25) is 4.57 Å². The molecule has 1 heterocycles. The molecule has 0 aliphatic carbocycles. The summed E-state index contributed by atoms with van der Waals surface area (Å²) in [4.78, 5) is 0. The molecule has 0 N–H and O–H groups in total. The summed E-state index contributed by atoms with van der Waals surface area (Å²) in [5.74, 6) is 2.31. The highest BCUT2D eigenvalue weighted by molar-refractivity contribution is 5.15. The topological polar surface area (TPSA) is 3.88 Å². The molecule has 0 radical (unpaired) electrons. The maximum Gasteiger partial charge on any atom is 0.152 e. The van der Waals surface area contributed by atoms with Gasteiger partial charge >= 0.3 is 0 Å². The number of aryl methyl sites for hydroxylation is 1. The first-order valence-electron chi connectivity index (χ1n) is 2.72. The zero-order valence-corrected chi connectivity index (χ0v) is 5.26. The van der Waals surface area contributed by atoms with Crippen molar-refractivity contribution in [2.24, 2.45) is 7.05 Å². The van der Waals surface area contributed by atoms with Crippen molar-refractivity contribution >= 4 is 0 Å². The second-order valence-corrected chi connectivity index (χ2v) is 1.82. The smallest absolute Gasteiger partial charge is 0.152 e. The molecule has 1 rings (SSSR count). The van der Waals surface area contributed by atoms with Gasteiger partial charge in [0.05, 0.1) is 0 Å². The van der Waals surface area contributed by atoms with Gasteiger partial charge in [-0.15, -0.1) is 0 Å². The van der Waals surface area contributed by atoms with Crippen molar-refractivity contribution in [3.8, 4) is 5.92 Å². The van der Waals surface area contributed by atoms with E-state index in [4.69, 9.17) is 6.42 Å². The van der Waals surface area contributed by atoms with Crippen molar-refractivity contribution in [1.82, 2.24) is 0 Å². The third-order valence-corrected chi connectivity index (χ3v) is 1.18. The van der Waals surface area contributed by atoms with Gasteiger partial charge in [0, 0.05) is 0 Å². The lowest BCUT2D eigenvalue weighted by atomic mass is 10.3. The lowest BCUT2D eigenvalue weighted by molar-refractivity contribution is -0.674. The van der Waals surface area contributed by atoms with Gasteiger partial charge in [0.2, 0.25) is 0 Å². The summed E-state index contributed by atoms with van der Waals surface area (Å²) < 4.78 is 1.84. The molecule has 0 spiro atoms. The van der Waals surface area contributed by atoms with Crippen LogP contribution in [0.2, 0.25) is 0 Å². The van der Waals surface area contributed by atoms with Crippen LogP contribution >= 0.6 is 0 Å². The Bertz CT molecular complexity index is 245. The van der Waals surface area contributed by atoms with Crippen LogP contribution in [0.1, 0.15) is 5.69 Å². The van der Waals surface area contributed by atoms with Gasteiger partial charge in [-0.05, 0) is 6.07 Å². The molecule has 0 unspecified atom stereocenters. The molecule has 44 valence electrons. The summed E-state index contributed by atoms with van der Waals surface area (Å²) in [6.07, 6.45) is 8.70. The Morgan fingerprint density at radius 1 is 1.56 bits per heavy atom. The Morgan fingerprint density at radius 2 is 2.33 bits per heavy atom. The predicted molar refractivity (Wildman–Crippen MR) is 33.9 cm³/mol. The molecule has 9 heavy (non-hydrogen) atoms. The zero-order chi connectivity index (χ0) is 6.69. The summed E-state index contributed by atoms with van der Waals surface area (Å²) in [5, 5.41) is 0. The molecule has 1 aromatic heterocycles.